The minimum absolute atomic E-state index is 0.0000000390. The fourth-order valence-electron chi connectivity index (χ4n) is 6.80. The van der Waals surface area contributed by atoms with E-state index in [1.807, 2.05) is 0 Å². The molecule has 2 aromatic heterocycles. The summed E-state index contributed by atoms with van der Waals surface area (Å²) >= 11 is 5.74. The highest BCUT2D eigenvalue weighted by Gasteiger charge is 2.53. The van der Waals surface area contributed by atoms with Crippen molar-refractivity contribution in [1.82, 2.24) is 15.0 Å². The molecule has 2 aliphatic heterocycles. The van der Waals surface area contributed by atoms with E-state index in [2.05, 4.69) is 34.4 Å². The van der Waals surface area contributed by atoms with Gasteiger partial charge in [0.1, 0.15) is 47.4 Å². The van der Waals surface area contributed by atoms with Gasteiger partial charge in [0.2, 0.25) is 5.88 Å². The number of nitrogens with zero attached hydrogens (tertiary/aromatic N) is 5. The van der Waals surface area contributed by atoms with Crippen molar-refractivity contribution in [2.75, 3.05) is 20.5 Å². The predicted molar refractivity (Wildman–Crippen MR) is 206 cm³/mol. The summed E-state index contributed by atoms with van der Waals surface area (Å²) < 4.78 is 152. The summed E-state index contributed by atoms with van der Waals surface area (Å²) in [6.07, 6.45) is -13.5. The van der Waals surface area contributed by atoms with Gasteiger partial charge in [-0.3, -0.25) is 14.6 Å². The topological polar surface area (TPSA) is 177 Å². The van der Waals surface area contributed by atoms with Crippen LogP contribution in [0, 0.1) is 25.5 Å². The largest absolute Gasteiger partial charge is 0.480 e. The van der Waals surface area contributed by atoms with Crippen LogP contribution in [0.5, 0.6) is 5.88 Å². The van der Waals surface area contributed by atoms with Crippen molar-refractivity contribution < 1.29 is 67.7 Å². The average molecular weight is 920 g/mol. The van der Waals surface area contributed by atoms with E-state index in [1.165, 1.54) is 63.8 Å². The van der Waals surface area contributed by atoms with Crippen molar-refractivity contribution in [3.05, 3.63) is 116 Å². The number of aryl methyl sites for hydroxylation is 2. The van der Waals surface area contributed by atoms with Gasteiger partial charge in [-0.1, -0.05) is 23.7 Å². The molecule has 0 radical (unpaired) electrons. The fourth-order valence-corrected chi connectivity index (χ4v) is 6.91. The molecule has 338 valence electrons. The van der Waals surface area contributed by atoms with Crippen LogP contribution in [-0.4, -0.2) is 83.6 Å². The van der Waals surface area contributed by atoms with E-state index in [0.29, 0.717) is 5.02 Å². The van der Waals surface area contributed by atoms with Crippen LogP contribution in [0.3, 0.4) is 0 Å². The number of pyridine rings is 1. The number of hydrogen-bond acceptors (Lipinski definition) is 12. The maximum atomic E-state index is 15.0. The van der Waals surface area contributed by atoms with Crippen LogP contribution < -0.4 is 16.2 Å². The second-order valence-corrected chi connectivity index (χ2v) is 14.9. The third-order valence-corrected chi connectivity index (χ3v) is 10.1. The molecule has 0 bridgehead atoms. The molecular formula is C40H36ClF10N7O5. The van der Waals surface area contributed by atoms with E-state index in [1.54, 1.807) is 0 Å². The van der Waals surface area contributed by atoms with Crippen molar-refractivity contribution in [3.63, 3.8) is 0 Å². The lowest BCUT2D eigenvalue weighted by Crippen LogP contribution is -2.48. The Balaban J connectivity index is 0.000000238. The molecule has 0 spiro atoms. The number of aliphatic imine (C=N–C) groups is 2. The molecule has 23 heteroatoms. The van der Waals surface area contributed by atoms with Gasteiger partial charge in [-0.05, 0) is 60.4 Å². The molecule has 2 aromatic carbocycles. The Morgan fingerprint density at radius 3 is 1.54 bits per heavy atom. The normalized spacial score (nSPS) is 21.2. The van der Waals surface area contributed by atoms with Gasteiger partial charge in [-0.15, -0.1) is 0 Å². The molecule has 4 aromatic rings. The Labute approximate surface area is 356 Å². The van der Waals surface area contributed by atoms with Crippen molar-refractivity contribution in [2.24, 2.45) is 21.5 Å². The lowest BCUT2D eigenvalue weighted by Gasteiger charge is -2.37. The maximum Gasteiger partial charge on any atom is 0.425 e. The quantitative estimate of drug-likeness (QED) is 0.112. The van der Waals surface area contributed by atoms with Crippen LogP contribution in [0.15, 0.2) is 65.0 Å². The molecule has 4 atom stereocenters. The first-order chi connectivity index (χ1) is 29.4. The van der Waals surface area contributed by atoms with Gasteiger partial charge >= 0.3 is 12.4 Å². The third-order valence-electron chi connectivity index (χ3n) is 9.89. The highest BCUT2D eigenvalue weighted by atomic mass is 35.5. The Kier molecular flexibility index (Phi) is 14.3. The molecule has 6 rings (SSSR count). The molecule has 0 unspecified atom stereocenters. The van der Waals surface area contributed by atoms with Crippen LogP contribution in [0.4, 0.5) is 43.9 Å². The Morgan fingerprint density at radius 2 is 1.17 bits per heavy atom. The van der Waals surface area contributed by atoms with E-state index >= 15 is 0 Å². The molecular weight excluding hydrogens is 884 g/mol. The summed E-state index contributed by atoms with van der Waals surface area (Å²) in [4.78, 5) is 44.2. The first-order valence-electron chi connectivity index (χ1n) is 18.4. The number of halogens is 11. The number of rotatable bonds is 11. The van der Waals surface area contributed by atoms with Crippen molar-refractivity contribution >= 4 is 35.2 Å². The fraction of sp³-hybridized carbons (Fsp3) is 0.375. The highest BCUT2D eigenvalue weighted by Crippen LogP contribution is 2.44. The molecule has 0 saturated carbocycles. The van der Waals surface area contributed by atoms with Crippen LogP contribution in [0.25, 0.3) is 0 Å². The number of alkyl halides is 8. The molecule has 0 saturated heterocycles. The number of carbonyl (C=O) groups is 2. The van der Waals surface area contributed by atoms with E-state index in [0.717, 1.165) is 12.1 Å². The first kappa shape index (κ1) is 48.0. The lowest BCUT2D eigenvalue weighted by molar-refractivity contribution is -0.209. The van der Waals surface area contributed by atoms with Crippen LogP contribution in [0.1, 0.15) is 67.2 Å². The van der Waals surface area contributed by atoms with E-state index in [9.17, 15) is 53.5 Å². The van der Waals surface area contributed by atoms with Gasteiger partial charge in [0.05, 0.1) is 24.5 Å². The number of benzene rings is 2. The van der Waals surface area contributed by atoms with Gasteiger partial charge in [0.15, 0.2) is 23.8 Å². The zero-order valence-electron chi connectivity index (χ0n) is 33.2. The number of aromatic nitrogens is 3. The molecule has 0 fully saturated rings. The smallest absolute Gasteiger partial charge is 0.425 e. The van der Waals surface area contributed by atoms with Gasteiger partial charge < -0.3 is 25.7 Å². The predicted octanol–water partition coefficient (Wildman–Crippen LogP) is 7.63. The van der Waals surface area contributed by atoms with Crippen LogP contribution >= 0.6 is 11.6 Å². The molecule has 4 N–H and O–H groups in total. The molecule has 63 heavy (non-hydrogen) atoms. The number of ether oxygens (including phenoxy) is 3. The zero-order chi connectivity index (χ0) is 46.7. The summed E-state index contributed by atoms with van der Waals surface area (Å²) in [5, 5.41) is 0.329. The van der Waals surface area contributed by atoms with Crippen LogP contribution in [-0.2, 0) is 33.4 Å². The number of methoxy groups -OCH3 is 1. The van der Waals surface area contributed by atoms with E-state index in [4.69, 9.17) is 27.8 Å². The summed E-state index contributed by atoms with van der Waals surface area (Å²) in [5.41, 5.74) is 5.99. The van der Waals surface area contributed by atoms with Gasteiger partial charge in [-0.25, -0.2) is 37.5 Å². The molecule has 0 amide bonds. The maximum absolute atomic E-state index is 15.0. The van der Waals surface area contributed by atoms with Gasteiger partial charge in [0, 0.05) is 43.0 Å². The van der Waals surface area contributed by atoms with Gasteiger partial charge in [0.25, 0.3) is 12.0 Å². The molecule has 0 aliphatic carbocycles. The Hall–Kier alpha value is -6.06. The second-order valence-electron chi connectivity index (χ2n) is 14.5. The highest BCUT2D eigenvalue weighted by molar-refractivity contribution is 6.30. The number of carbonyl (C=O) groups excluding carboxylic acids is 2. The average Bonchev–Trinajstić information content (AvgIpc) is 3.22. The lowest BCUT2D eigenvalue weighted by atomic mass is 9.82. The first-order valence-corrected chi connectivity index (χ1v) is 18.7. The standard InChI is InChI=1S/C20H17ClF5N3O2.C20H19F5N4O3/c1-10-4-11(6-15(30)14-3-2-12(21)8-28-14)5-13(17(10)23)19(9-22)7-16(20(24,25)26)31-18(27)29-19;1-10-3-11(5-14(30)13-7-28-16(31-2)8-27-13)4-12(17(10)22)19(9-21)6-15(20(23,24)25)32-18(26)29-19/h2-5,8,16H,6-7,9H2,1H3,(H2,27,29);3-4,7-8,15H,5-6,9H2,1-2H3,(H2,26,29)/t16-,19+;15-,19+/m00/s1. The monoisotopic (exact) mass is 919 g/mol. The van der Waals surface area contributed by atoms with Crippen molar-refractivity contribution in [2.45, 2.75) is 75.2 Å². The molecule has 2 aliphatic rings. The van der Waals surface area contributed by atoms with E-state index in [-0.39, 0.29) is 52.4 Å². The number of nitrogens with two attached hydrogens (primary N) is 2. The SMILES string of the molecule is COc1cnc(C(=O)Cc2cc(C)c(F)c([C@]3(CF)C[C@@H](C(F)(F)F)OC(N)=N3)c2)cn1.Cc1cc(CC(=O)c2ccc(Cl)cn2)cc([C@]2(CF)C[C@@H](C(F)(F)F)OC(N)=N2)c1F. The number of ketones is 2. The summed E-state index contributed by atoms with van der Waals surface area (Å²) in [6.45, 7) is -0.204. The summed E-state index contributed by atoms with van der Waals surface area (Å²) in [7, 11) is 1.38. The minimum atomic E-state index is -4.87. The Morgan fingerprint density at radius 1 is 0.730 bits per heavy atom. The number of amidine groups is 2. The summed E-state index contributed by atoms with van der Waals surface area (Å²) in [5.74, 6) is -2.61. The molecule has 12 nitrogen and oxygen atoms in total. The second kappa shape index (κ2) is 18.7. The molecule has 4 heterocycles. The van der Waals surface area contributed by atoms with Crippen molar-refractivity contribution in [1.29, 1.82) is 0 Å². The Bertz CT molecular complexity index is 2400. The third kappa shape index (κ3) is 10.9. The zero-order valence-corrected chi connectivity index (χ0v) is 33.9. The minimum Gasteiger partial charge on any atom is -0.480 e. The number of hydrogen-bond donors (Lipinski definition) is 2. The van der Waals surface area contributed by atoms with Crippen LogP contribution in [0.2, 0.25) is 5.02 Å². The van der Waals surface area contributed by atoms with E-state index < -0.39 is 108 Å². The summed E-state index contributed by atoms with van der Waals surface area (Å²) in [6, 6.07) is 6.02. The van der Waals surface area contributed by atoms with Crippen molar-refractivity contribution in [3.8, 4) is 5.88 Å². The number of Topliss-reactive ketones (excluding diaryl/α,β-unsaturated/α-hetero) is 2. The van der Waals surface area contributed by atoms with Gasteiger partial charge in [-0.2, -0.15) is 26.3 Å².